The fraction of sp³-hybridized carbons (Fsp3) is 0.571. The van der Waals surface area contributed by atoms with E-state index in [2.05, 4.69) is 36.5 Å². The Bertz CT molecular complexity index is 371. The van der Waals surface area contributed by atoms with Gasteiger partial charge in [-0.1, -0.05) is 31.2 Å². The molecule has 1 saturated heterocycles. The van der Waals surface area contributed by atoms with Gasteiger partial charge in [0.05, 0.1) is 0 Å². The summed E-state index contributed by atoms with van der Waals surface area (Å²) in [5.74, 6) is 0. The summed E-state index contributed by atoms with van der Waals surface area (Å²) in [6.45, 7) is 3.66. The van der Waals surface area contributed by atoms with Crippen LogP contribution in [0.15, 0.2) is 24.3 Å². The highest BCUT2D eigenvalue weighted by Crippen LogP contribution is 2.42. The fourth-order valence-electron chi connectivity index (χ4n) is 3.47. The Labute approximate surface area is 91.9 Å². The third-order valence-electron chi connectivity index (χ3n) is 4.37. The minimum Gasteiger partial charge on any atom is -0.313 e. The van der Waals surface area contributed by atoms with Gasteiger partial charge in [0.1, 0.15) is 0 Å². The van der Waals surface area contributed by atoms with Gasteiger partial charge in [-0.05, 0) is 43.4 Å². The Morgan fingerprint density at radius 3 is 3.13 bits per heavy atom. The zero-order valence-electron chi connectivity index (χ0n) is 9.42. The van der Waals surface area contributed by atoms with Gasteiger partial charge in [0.15, 0.2) is 0 Å². The second-order valence-electron chi connectivity index (χ2n) is 5.22. The van der Waals surface area contributed by atoms with Crippen molar-refractivity contribution in [2.45, 2.75) is 44.1 Å². The molecular formula is C14H19N. The molecule has 1 aromatic carbocycles. The van der Waals surface area contributed by atoms with Crippen LogP contribution in [0.1, 0.15) is 37.3 Å². The number of nitrogens with one attached hydrogen (secondary N) is 1. The molecule has 3 rings (SSSR count). The van der Waals surface area contributed by atoms with E-state index in [1.165, 1.54) is 32.2 Å². The second kappa shape index (κ2) is 3.34. The first-order valence-electron chi connectivity index (χ1n) is 6.12. The lowest BCUT2D eigenvalue weighted by Crippen LogP contribution is -2.53. The van der Waals surface area contributed by atoms with Crippen LogP contribution in [-0.4, -0.2) is 12.6 Å². The Hall–Kier alpha value is -0.820. The molecule has 1 heterocycles. The van der Waals surface area contributed by atoms with E-state index in [4.69, 9.17) is 0 Å². The lowest BCUT2D eigenvalue weighted by Gasteiger charge is -2.46. The Morgan fingerprint density at radius 2 is 2.20 bits per heavy atom. The van der Waals surface area contributed by atoms with Crippen molar-refractivity contribution in [2.24, 2.45) is 0 Å². The summed E-state index contributed by atoms with van der Waals surface area (Å²) in [5, 5.41) is 3.70. The van der Waals surface area contributed by atoms with Crippen LogP contribution >= 0.6 is 0 Å². The average Bonchev–Trinajstić information content (AvgIpc) is 2.29. The Kier molecular flexibility index (Phi) is 2.10. The lowest BCUT2D eigenvalue weighted by molar-refractivity contribution is 0.220. The summed E-state index contributed by atoms with van der Waals surface area (Å²) in [7, 11) is 0. The van der Waals surface area contributed by atoms with Gasteiger partial charge in [-0.2, -0.15) is 0 Å². The summed E-state index contributed by atoms with van der Waals surface area (Å²) < 4.78 is 0. The van der Waals surface area contributed by atoms with Crippen LogP contribution in [0.4, 0.5) is 0 Å². The van der Waals surface area contributed by atoms with Crippen molar-refractivity contribution in [3.05, 3.63) is 35.4 Å². The van der Waals surface area contributed by atoms with Crippen LogP contribution in [0.5, 0.6) is 0 Å². The van der Waals surface area contributed by atoms with Gasteiger partial charge in [-0.3, -0.25) is 0 Å². The molecule has 1 N–H and O–H groups in total. The largest absolute Gasteiger partial charge is 0.313 e. The van der Waals surface area contributed by atoms with Crippen LogP contribution in [0.3, 0.4) is 0 Å². The van der Waals surface area contributed by atoms with Gasteiger partial charge in [-0.15, -0.1) is 0 Å². The standard InChI is InChI=1S/C14H19N/c1-14-9-4-10-15-13(14)8-7-11-5-2-3-6-12(11)14/h2-3,5-6,13,15H,4,7-10H2,1H3/t13-,14-/m1/s1. The van der Waals surface area contributed by atoms with Crippen LogP contribution in [0.2, 0.25) is 0 Å². The van der Waals surface area contributed by atoms with E-state index in [1.54, 1.807) is 11.1 Å². The number of benzene rings is 1. The average molecular weight is 201 g/mol. The first-order chi connectivity index (χ1) is 7.31. The van der Waals surface area contributed by atoms with Crippen molar-refractivity contribution < 1.29 is 0 Å². The maximum atomic E-state index is 3.70. The van der Waals surface area contributed by atoms with Crippen LogP contribution in [0.25, 0.3) is 0 Å². The molecule has 1 nitrogen and oxygen atoms in total. The smallest absolute Gasteiger partial charge is 0.0165 e. The predicted molar refractivity (Wildman–Crippen MR) is 63.1 cm³/mol. The molecule has 80 valence electrons. The third-order valence-corrected chi connectivity index (χ3v) is 4.37. The molecule has 1 heteroatoms. The molecule has 2 aliphatic rings. The molecule has 1 aliphatic carbocycles. The monoisotopic (exact) mass is 201 g/mol. The predicted octanol–water partition coefficient (Wildman–Crippen LogP) is 2.64. The molecule has 0 spiro atoms. The zero-order chi connectivity index (χ0) is 10.3. The molecule has 0 aromatic heterocycles. The summed E-state index contributed by atoms with van der Waals surface area (Å²) >= 11 is 0. The summed E-state index contributed by atoms with van der Waals surface area (Å²) in [6.07, 6.45) is 5.24. The highest BCUT2D eigenvalue weighted by molar-refractivity contribution is 5.38. The first kappa shape index (κ1) is 9.41. The summed E-state index contributed by atoms with van der Waals surface area (Å²) in [4.78, 5) is 0. The van der Waals surface area contributed by atoms with Gasteiger partial charge in [0.25, 0.3) is 0 Å². The van der Waals surface area contributed by atoms with Crippen molar-refractivity contribution in [1.82, 2.24) is 5.32 Å². The molecule has 2 atom stereocenters. The molecule has 0 saturated carbocycles. The van der Waals surface area contributed by atoms with E-state index in [0.29, 0.717) is 11.5 Å². The number of piperidine rings is 1. The minimum atomic E-state index is 0.396. The number of hydrogen-bond donors (Lipinski definition) is 1. The van der Waals surface area contributed by atoms with Crippen LogP contribution in [0, 0.1) is 0 Å². The topological polar surface area (TPSA) is 12.0 Å². The van der Waals surface area contributed by atoms with E-state index < -0.39 is 0 Å². The van der Waals surface area contributed by atoms with E-state index in [1.807, 2.05) is 0 Å². The van der Waals surface area contributed by atoms with Crippen LogP contribution in [-0.2, 0) is 11.8 Å². The zero-order valence-corrected chi connectivity index (χ0v) is 9.42. The van der Waals surface area contributed by atoms with E-state index >= 15 is 0 Å². The second-order valence-corrected chi connectivity index (χ2v) is 5.22. The highest BCUT2D eigenvalue weighted by atomic mass is 14.9. The summed E-state index contributed by atoms with van der Waals surface area (Å²) in [6, 6.07) is 9.74. The molecular weight excluding hydrogens is 182 g/mol. The maximum absolute atomic E-state index is 3.70. The van der Waals surface area contributed by atoms with E-state index in [-0.39, 0.29) is 0 Å². The quantitative estimate of drug-likeness (QED) is 0.680. The number of hydrogen-bond acceptors (Lipinski definition) is 1. The summed E-state index contributed by atoms with van der Waals surface area (Å²) in [5.41, 5.74) is 3.58. The van der Waals surface area contributed by atoms with Gasteiger partial charge in [0, 0.05) is 11.5 Å². The molecule has 1 aliphatic heterocycles. The number of fused-ring (bicyclic) bond motifs is 3. The molecule has 15 heavy (non-hydrogen) atoms. The van der Waals surface area contributed by atoms with E-state index in [9.17, 15) is 0 Å². The lowest BCUT2D eigenvalue weighted by atomic mass is 9.64. The van der Waals surface area contributed by atoms with Crippen molar-refractivity contribution in [2.75, 3.05) is 6.54 Å². The Balaban J connectivity index is 2.09. The highest BCUT2D eigenvalue weighted by Gasteiger charge is 2.41. The number of aryl methyl sites for hydroxylation is 1. The fourth-order valence-corrected chi connectivity index (χ4v) is 3.47. The molecule has 1 aromatic rings. The maximum Gasteiger partial charge on any atom is 0.0165 e. The molecule has 0 unspecified atom stereocenters. The molecule has 0 radical (unpaired) electrons. The van der Waals surface area contributed by atoms with Gasteiger partial charge in [0.2, 0.25) is 0 Å². The van der Waals surface area contributed by atoms with Gasteiger partial charge < -0.3 is 5.32 Å². The van der Waals surface area contributed by atoms with Crippen molar-refractivity contribution in [3.8, 4) is 0 Å². The van der Waals surface area contributed by atoms with Crippen molar-refractivity contribution in [3.63, 3.8) is 0 Å². The van der Waals surface area contributed by atoms with Gasteiger partial charge in [-0.25, -0.2) is 0 Å². The first-order valence-corrected chi connectivity index (χ1v) is 6.12. The molecule has 0 bridgehead atoms. The van der Waals surface area contributed by atoms with Crippen molar-refractivity contribution >= 4 is 0 Å². The van der Waals surface area contributed by atoms with E-state index in [0.717, 1.165) is 0 Å². The number of rotatable bonds is 0. The Morgan fingerprint density at radius 1 is 1.33 bits per heavy atom. The molecule has 0 amide bonds. The van der Waals surface area contributed by atoms with Crippen LogP contribution < -0.4 is 5.32 Å². The molecule has 1 fully saturated rings. The SMILES string of the molecule is C[C@]12CCCN[C@@H]1CCc1ccccc12. The van der Waals surface area contributed by atoms with Gasteiger partial charge >= 0.3 is 0 Å². The minimum absolute atomic E-state index is 0.396. The third kappa shape index (κ3) is 1.33. The van der Waals surface area contributed by atoms with Crippen molar-refractivity contribution in [1.29, 1.82) is 0 Å². The normalized spacial score (nSPS) is 34.3.